The van der Waals surface area contributed by atoms with Gasteiger partial charge < -0.3 is 10.2 Å². The highest BCUT2D eigenvalue weighted by atomic mass is 16.3. The van der Waals surface area contributed by atoms with Crippen molar-refractivity contribution in [3.05, 3.63) is 12.2 Å². The molecule has 78 valence electrons. The van der Waals surface area contributed by atoms with Crippen molar-refractivity contribution in [1.29, 1.82) is 0 Å². The quantitative estimate of drug-likeness (QED) is 0.633. The van der Waals surface area contributed by atoms with E-state index in [2.05, 4.69) is 0 Å². The number of ketones is 1. The van der Waals surface area contributed by atoms with Gasteiger partial charge in [0.25, 0.3) is 0 Å². The molecule has 0 amide bonds. The van der Waals surface area contributed by atoms with Crippen LogP contribution in [0.1, 0.15) is 19.8 Å². The van der Waals surface area contributed by atoms with Gasteiger partial charge in [-0.2, -0.15) is 0 Å². The molecule has 0 heterocycles. The molecule has 0 radical (unpaired) electrons. The average molecular weight is 196 g/mol. The van der Waals surface area contributed by atoms with E-state index in [1.54, 1.807) is 13.0 Å². The number of rotatable bonds is 2. The van der Waals surface area contributed by atoms with Crippen LogP contribution in [-0.4, -0.2) is 28.2 Å². The Labute approximate surface area is 83.4 Å². The van der Waals surface area contributed by atoms with Crippen molar-refractivity contribution in [1.82, 2.24) is 0 Å². The van der Waals surface area contributed by atoms with E-state index in [0.29, 0.717) is 24.5 Å². The van der Waals surface area contributed by atoms with Gasteiger partial charge in [-0.15, -0.1) is 0 Å². The highest BCUT2D eigenvalue weighted by molar-refractivity contribution is 5.88. The summed E-state index contributed by atoms with van der Waals surface area (Å²) in [4.78, 5) is 11.2. The number of aliphatic hydroxyl groups excluding tert-OH is 2. The Morgan fingerprint density at radius 3 is 2.79 bits per heavy atom. The normalized spacial score (nSPS) is 43.8. The molecule has 2 aliphatic carbocycles. The number of aliphatic hydroxyl groups is 2. The minimum Gasteiger partial charge on any atom is -0.392 e. The second-order valence-corrected chi connectivity index (χ2v) is 4.45. The molecule has 3 unspecified atom stereocenters. The minimum absolute atomic E-state index is 0.0762. The fraction of sp³-hybridized carbons (Fsp3) is 0.727. The van der Waals surface area contributed by atoms with E-state index in [4.69, 9.17) is 5.11 Å². The first-order chi connectivity index (χ1) is 6.59. The van der Waals surface area contributed by atoms with Gasteiger partial charge in [0.2, 0.25) is 0 Å². The lowest BCUT2D eigenvalue weighted by Crippen LogP contribution is -2.35. The number of carbonyl (C=O) groups is 1. The van der Waals surface area contributed by atoms with Crippen LogP contribution in [0.25, 0.3) is 0 Å². The van der Waals surface area contributed by atoms with Crippen molar-refractivity contribution in [3.63, 3.8) is 0 Å². The van der Waals surface area contributed by atoms with E-state index in [0.717, 1.165) is 0 Å². The number of hydrogen-bond acceptors (Lipinski definition) is 3. The van der Waals surface area contributed by atoms with Gasteiger partial charge in [-0.25, -0.2) is 0 Å². The number of carbonyl (C=O) groups excluding carboxylic acids is 1. The Hall–Kier alpha value is -0.670. The maximum absolute atomic E-state index is 11.2. The molecule has 0 saturated heterocycles. The van der Waals surface area contributed by atoms with Gasteiger partial charge in [-0.05, 0) is 19.3 Å². The van der Waals surface area contributed by atoms with Gasteiger partial charge in [0, 0.05) is 18.3 Å². The van der Waals surface area contributed by atoms with Crippen LogP contribution in [0.15, 0.2) is 12.2 Å². The van der Waals surface area contributed by atoms with Gasteiger partial charge in [0.1, 0.15) is 5.78 Å². The molecule has 2 aliphatic rings. The standard InChI is InChI=1S/C11H16O3/c1-6(12)2-3-7-8-4-11(14)9(8)5-10(7)13/h2-3,6-10,12-13H,4-5H2,1H3/t6?,7?,8-,9-,10?/m0/s1. The molecular formula is C11H16O3. The summed E-state index contributed by atoms with van der Waals surface area (Å²) in [5, 5.41) is 18.8. The smallest absolute Gasteiger partial charge is 0.136 e. The summed E-state index contributed by atoms with van der Waals surface area (Å²) in [6.45, 7) is 1.68. The van der Waals surface area contributed by atoms with E-state index in [1.165, 1.54) is 0 Å². The molecule has 0 aromatic rings. The third-order valence-corrected chi connectivity index (χ3v) is 3.41. The molecule has 0 aliphatic heterocycles. The van der Waals surface area contributed by atoms with Crippen LogP contribution in [0.3, 0.4) is 0 Å². The van der Waals surface area contributed by atoms with Crippen LogP contribution in [0.2, 0.25) is 0 Å². The van der Waals surface area contributed by atoms with Gasteiger partial charge in [-0.3, -0.25) is 4.79 Å². The fourth-order valence-electron chi connectivity index (χ4n) is 2.58. The van der Waals surface area contributed by atoms with Crippen molar-refractivity contribution in [3.8, 4) is 0 Å². The van der Waals surface area contributed by atoms with E-state index in [9.17, 15) is 9.90 Å². The van der Waals surface area contributed by atoms with Crippen molar-refractivity contribution in [2.45, 2.75) is 32.0 Å². The van der Waals surface area contributed by atoms with Crippen LogP contribution in [0.4, 0.5) is 0 Å². The molecule has 2 fully saturated rings. The molecule has 0 aromatic carbocycles. The molecule has 3 heteroatoms. The number of Topliss-reactive ketones (excluding diaryl/α,β-unsaturated/α-hetero) is 1. The molecule has 3 nitrogen and oxygen atoms in total. The molecule has 14 heavy (non-hydrogen) atoms. The predicted molar refractivity (Wildman–Crippen MR) is 51.5 cm³/mol. The maximum Gasteiger partial charge on any atom is 0.136 e. The van der Waals surface area contributed by atoms with Crippen molar-refractivity contribution in [2.24, 2.45) is 17.8 Å². The average Bonchev–Trinajstić information content (AvgIpc) is 2.36. The molecule has 5 atom stereocenters. The Balaban J connectivity index is 2.02. The summed E-state index contributed by atoms with van der Waals surface area (Å²) in [5.41, 5.74) is 0. The van der Waals surface area contributed by atoms with Crippen LogP contribution < -0.4 is 0 Å². The van der Waals surface area contributed by atoms with Crippen molar-refractivity contribution in [2.75, 3.05) is 0 Å². The third-order valence-electron chi connectivity index (χ3n) is 3.41. The molecule has 0 aromatic heterocycles. The van der Waals surface area contributed by atoms with E-state index in [1.807, 2.05) is 6.08 Å². The monoisotopic (exact) mass is 196 g/mol. The SMILES string of the molecule is CC(O)C=CC1C(O)C[C@@H]2C(=O)C[C@@H]12. The van der Waals surface area contributed by atoms with Gasteiger partial charge in [0.15, 0.2) is 0 Å². The Kier molecular flexibility index (Phi) is 2.45. The zero-order chi connectivity index (χ0) is 10.3. The van der Waals surface area contributed by atoms with Crippen LogP contribution in [0, 0.1) is 17.8 Å². The van der Waals surface area contributed by atoms with Gasteiger partial charge in [0.05, 0.1) is 12.2 Å². The second kappa shape index (κ2) is 3.48. The predicted octanol–water partition coefficient (Wildman–Crippen LogP) is 0.509. The second-order valence-electron chi connectivity index (χ2n) is 4.45. The Bertz CT molecular complexity index is 270. The van der Waals surface area contributed by atoms with Crippen LogP contribution in [-0.2, 0) is 4.79 Å². The molecule has 0 spiro atoms. The lowest BCUT2D eigenvalue weighted by molar-refractivity contribution is -0.133. The molecule has 2 saturated carbocycles. The van der Waals surface area contributed by atoms with E-state index >= 15 is 0 Å². The van der Waals surface area contributed by atoms with Crippen molar-refractivity contribution >= 4 is 5.78 Å². The summed E-state index contributed by atoms with van der Waals surface area (Å²) >= 11 is 0. The maximum atomic E-state index is 11.2. The molecule has 2 rings (SSSR count). The zero-order valence-electron chi connectivity index (χ0n) is 8.26. The Morgan fingerprint density at radius 1 is 1.57 bits per heavy atom. The lowest BCUT2D eigenvalue weighted by Gasteiger charge is -2.31. The number of fused-ring (bicyclic) bond motifs is 1. The fourth-order valence-corrected chi connectivity index (χ4v) is 2.58. The highest BCUT2D eigenvalue weighted by Crippen LogP contribution is 2.48. The minimum atomic E-state index is -0.475. The summed E-state index contributed by atoms with van der Waals surface area (Å²) in [6, 6.07) is 0. The van der Waals surface area contributed by atoms with Crippen LogP contribution >= 0.6 is 0 Å². The Morgan fingerprint density at radius 2 is 2.29 bits per heavy atom. The summed E-state index contributed by atoms with van der Waals surface area (Å²) in [5.74, 6) is 0.787. The first-order valence-corrected chi connectivity index (χ1v) is 5.16. The van der Waals surface area contributed by atoms with Crippen LogP contribution in [0.5, 0.6) is 0 Å². The summed E-state index contributed by atoms with van der Waals surface area (Å²) < 4.78 is 0. The molecule has 2 N–H and O–H groups in total. The number of hydrogen-bond donors (Lipinski definition) is 2. The highest BCUT2D eigenvalue weighted by Gasteiger charge is 2.51. The molecule has 0 bridgehead atoms. The zero-order valence-corrected chi connectivity index (χ0v) is 8.26. The van der Waals surface area contributed by atoms with Gasteiger partial charge >= 0.3 is 0 Å². The van der Waals surface area contributed by atoms with E-state index < -0.39 is 12.2 Å². The van der Waals surface area contributed by atoms with Gasteiger partial charge in [-0.1, -0.05) is 12.2 Å². The third kappa shape index (κ3) is 1.51. The summed E-state index contributed by atoms with van der Waals surface area (Å²) in [7, 11) is 0. The summed E-state index contributed by atoms with van der Waals surface area (Å²) in [6.07, 6.45) is 3.91. The van der Waals surface area contributed by atoms with E-state index in [-0.39, 0.29) is 11.8 Å². The lowest BCUT2D eigenvalue weighted by atomic mass is 9.71. The first kappa shape index (κ1) is 9.87. The topological polar surface area (TPSA) is 57.5 Å². The van der Waals surface area contributed by atoms with Crippen molar-refractivity contribution < 1.29 is 15.0 Å². The largest absolute Gasteiger partial charge is 0.392 e. The molecular weight excluding hydrogens is 180 g/mol. The first-order valence-electron chi connectivity index (χ1n) is 5.16.